The molecule has 0 bridgehead atoms. The Kier molecular flexibility index (Phi) is 8.94. The molecule has 2 heterocycles. The van der Waals surface area contributed by atoms with Gasteiger partial charge in [-0.1, -0.05) is 12.1 Å². The maximum absolute atomic E-state index is 13.6. The van der Waals surface area contributed by atoms with Gasteiger partial charge in [0.1, 0.15) is 6.61 Å². The quantitative estimate of drug-likeness (QED) is 0.157. The Morgan fingerprint density at radius 3 is 1.95 bits per heavy atom. The zero-order valence-electron chi connectivity index (χ0n) is 23.5. The van der Waals surface area contributed by atoms with Crippen molar-refractivity contribution in [3.63, 3.8) is 0 Å². The summed E-state index contributed by atoms with van der Waals surface area (Å²) in [4.78, 5) is 37.9. The lowest BCUT2D eigenvalue weighted by Gasteiger charge is -2.24. The number of hydrogen-bond acceptors (Lipinski definition) is 10. The highest BCUT2D eigenvalue weighted by Gasteiger charge is 2.33. The third-order valence-electron chi connectivity index (χ3n) is 7.00. The summed E-state index contributed by atoms with van der Waals surface area (Å²) in [5.41, 5.74) is -1.16. The van der Waals surface area contributed by atoms with Gasteiger partial charge in [0.2, 0.25) is 11.8 Å². The molecular weight excluding hydrogens is 666 g/mol. The van der Waals surface area contributed by atoms with E-state index < -0.39 is 33.7 Å². The molecule has 4 aromatic rings. The van der Waals surface area contributed by atoms with Crippen molar-refractivity contribution in [1.29, 1.82) is 0 Å². The number of hydrogen-bond donors (Lipinski definition) is 2. The minimum Gasteiger partial charge on any atom is -0.494 e. The highest BCUT2D eigenvalue weighted by molar-refractivity contribution is 9.10. The third kappa shape index (κ3) is 5.60. The van der Waals surface area contributed by atoms with Crippen molar-refractivity contribution in [3.8, 4) is 23.3 Å². The molecule has 13 nitrogen and oxygen atoms in total. The zero-order valence-corrected chi connectivity index (χ0v) is 26.7. The average Bonchev–Trinajstić information content (AvgIpc) is 2.99. The summed E-state index contributed by atoms with van der Waals surface area (Å²) in [6, 6.07) is 9.01. The molecule has 226 valence electrons. The molecule has 2 aromatic carbocycles. The fourth-order valence-electron chi connectivity index (χ4n) is 4.66. The van der Waals surface area contributed by atoms with Crippen LogP contribution in [0.2, 0.25) is 0 Å². The van der Waals surface area contributed by atoms with E-state index in [-0.39, 0.29) is 50.0 Å². The van der Waals surface area contributed by atoms with E-state index in [1.807, 2.05) is 0 Å². The molecule has 43 heavy (non-hydrogen) atoms. The van der Waals surface area contributed by atoms with Crippen LogP contribution in [0.1, 0.15) is 28.2 Å². The second-order valence-electron chi connectivity index (χ2n) is 9.57. The van der Waals surface area contributed by atoms with E-state index >= 15 is 0 Å². The van der Waals surface area contributed by atoms with Gasteiger partial charge in [0.15, 0.2) is 21.0 Å². The van der Waals surface area contributed by atoms with Crippen molar-refractivity contribution in [1.82, 2.24) is 18.3 Å². The molecule has 2 aromatic heterocycles. The van der Waals surface area contributed by atoms with E-state index in [1.165, 1.54) is 62.6 Å². The van der Waals surface area contributed by atoms with E-state index in [2.05, 4.69) is 15.9 Å². The molecule has 0 saturated carbocycles. The van der Waals surface area contributed by atoms with Crippen LogP contribution in [-0.4, -0.2) is 40.5 Å². The average molecular weight is 693 g/mol. The van der Waals surface area contributed by atoms with Crippen LogP contribution in [0.25, 0.3) is 0 Å². The maximum atomic E-state index is 13.6. The second-order valence-corrected chi connectivity index (χ2v) is 11.2. The number of nitro groups is 1. The number of halogens is 1. The van der Waals surface area contributed by atoms with E-state index in [0.717, 1.165) is 9.13 Å². The Labute approximate surface area is 262 Å². The molecule has 0 aliphatic rings. The fraction of sp³-hybridized carbons (Fsp3) is 0.259. The predicted molar refractivity (Wildman–Crippen MR) is 165 cm³/mol. The first-order chi connectivity index (χ1) is 20.2. The van der Waals surface area contributed by atoms with Gasteiger partial charge < -0.3 is 19.7 Å². The lowest BCUT2D eigenvalue weighted by atomic mass is 9.86. The lowest BCUT2D eigenvalue weighted by Crippen LogP contribution is -2.33. The standard InChI is InChI=1S/C27H26BrN5O8S2/c1-29-22(34)19(23(35)30(2)26(29)42)18(20-24(36)31(3)27(43)32(4)25(20)37)14-10-16(28)21(17(11-14)40-5)41-12-13-7-6-8-15(9-13)33(38)39/h6-11,18,34,36H,12H2,1-5H3. The minimum atomic E-state index is -1.34. The number of non-ortho nitro benzene ring substituents is 1. The highest BCUT2D eigenvalue weighted by atomic mass is 79.9. The Balaban J connectivity index is 1.99. The summed E-state index contributed by atoms with van der Waals surface area (Å²) in [6.07, 6.45) is 0. The van der Waals surface area contributed by atoms with Crippen molar-refractivity contribution < 1.29 is 24.6 Å². The lowest BCUT2D eigenvalue weighted by molar-refractivity contribution is -0.384. The molecule has 0 unspecified atom stereocenters. The first-order valence-electron chi connectivity index (χ1n) is 12.4. The SMILES string of the molecule is COc1cc(C(c2c(O)n(C)c(=S)n(C)c2=O)c2c(O)n(C)c(=S)n(C)c2=O)cc(Br)c1OCc1cccc([N+](=O)[O-])c1. The summed E-state index contributed by atoms with van der Waals surface area (Å²) in [6.45, 7) is -0.0473. The van der Waals surface area contributed by atoms with Crippen molar-refractivity contribution in [2.45, 2.75) is 12.5 Å². The Morgan fingerprint density at radius 1 is 0.930 bits per heavy atom. The number of nitro benzene ring substituents is 1. The van der Waals surface area contributed by atoms with E-state index in [0.29, 0.717) is 10.0 Å². The first-order valence-corrected chi connectivity index (χ1v) is 14.0. The van der Waals surface area contributed by atoms with Gasteiger partial charge in [-0.3, -0.25) is 38.0 Å². The van der Waals surface area contributed by atoms with Crippen LogP contribution in [0.4, 0.5) is 5.69 Å². The summed E-state index contributed by atoms with van der Waals surface area (Å²) in [5, 5.41) is 33.6. The van der Waals surface area contributed by atoms with E-state index in [1.54, 1.807) is 18.2 Å². The van der Waals surface area contributed by atoms with Crippen LogP contribution in [0.5, 0.6) is 23.3 Å². The Morgan fingerprint density at radius 2 is 1.47 bits per heavy atom. The zero-order chi connectivity index (χ0) is 31.9. The molecule has 4 rings (SSSR count). The molecule has 2 N–H and O–H groups in total. The molecule has 16 heteroatoms. The van der Waals surface area contributed by atoms with Crippen molar-refractivity contribution in [2.75, 3.05) is 7.11 Å². The topological polar surface area (TPSA) is 156 Å². The van der Waals surface area contributed by atoms with Gasteiger partial charge in [0.25, 0.3) is 16.8 Å². The van der Waals surface area contributed by atoms with Gasteiger partial charge in [0, 0.05) is 40.3 Å². The monoisotopic (exact) mass is 691 g/mol. The van der Waals surface area contributed by atoms with Crippen LogP contribution in [-0.2, 0) is 34.8 Å². The molecule has 0 spiro atoms. The number of ether oxygens (including phenoxy) is 2. The van der Waals surface area contributed by atoms with Crippen molar-refractivity contribution in [3.05, 3.63) is 103 Å². The number of methoxy groups -OCH3 is 1. The molecule has 0 saturated heterocycles. The molecule has 0 atom stereocenters. The predicted octanol–water partition coefficient (Wildman–Crippen LogP) is 4.07. The van der Waals surface area contributed by atoms with Gasteiger partial charge in [-0.2, -0.15) is 0 Å². The Bertz CT molecular complexity index is 1950. The summed E-state index contributed by atoms with van der Waals surface area (Å²) < 4.78 is 16.7. The van der Waals surface area contributed by atoms with Gasteiger partial charge in [-0.15, -0.1) is 0 Å². The number of aromatic nitrogens is 4. The minimum absolute atomic E-state index is 0.0252. The van der Waals surface area contributed by atoms with Gasteiger partial charge in [-0.25, -0.2) is 0 Å². The van der Waals surface area contributed by atoms with E-state index in [9.17, 15) is 29.9 Å². The molecule has 0 amide bonds. The Hall–Kier alpha value is -4.28. The number of nitrogens with zero attached hydrogens (tertiary/aromatic N) is 5. The molecule has 0 aliphatic heterocycles. The normalized spacial score (nSPS) is 11.1. The van der Waals surface area contributed by atoms with Gasteiger partial charge in [-0.05, 0) is 63.6 Å². The number of rotatable bonds is 8. The van der Waals surface area contributed by atoms with Crippen LogP contribution < -0.4 is 20.6 Å². The van der Waals surface area contributed by atoms with Crippen molar-refractivity contribution in [2.24, 2.45) is 28.2 Å². The summed E-state index contributed by atoms with van der Waals surface area (Å²) in [7, 11) is 7.16. The van der Waals surface area contributed by atoms with E-state index in [4.69, 9.17) is 33.9 Å². The smallest absolute Gasteiger partial charge is 0.269 e. The number of benzene rings is 2. The second kappa shape index (κ2) is 12.1. The van der Waals surface area contributed by atoms with Crippen LogP contribution >= 0.6 is 40.4 Å². The largest absolute Gasteiger partial charge is 0.494 e. The van der Waals surface area contributed by atoms with Crippen LogP contribution in [0.15, 0.2) is 50.5 Å². The third-order valence-corrected chi connectivity index (χ3v) is 8.69. The molecule has 0 aliphatic carbocycles. The molecular formula is C27H26BrN5O8S2. The number of aromatic hydroxyl groups is 2. The highest BCUT2D eigenvalue weighted by Crippen LogP contribution is 2.44. The molecule has 0 radical (unpaired) electrons. The van der Waals surface area contributed by atoms with Gasteiger partial charge in [0.05, 0.1) is 33.6 Å². The van der Waals surface area contributed by atoms with Crippen LogP contribution in [0.3, 0.4) is 0 Å². The van der Waals surface area contributed by atoms with Crippen LogP contribution in [0, 0.1) is 19.7 Å². The maximum Gasteiger partial charge on any atom is 0.269 e. The van der Waals surface area contributed by atoms with Gasteiger partial charge >= 0.3 is 0 Å². The first kappa shape index (κ1) is 31.7. The summed E-state index contributed by atoms with van der Waals surface area (Å²) in [5.74, 6) is -1.96. The summed E-state index contributed by atoms with van der Waals surface area (Å²) >= 11 is 14.0. The molecule has 0 fully saturated rings. The van der Waals surface area contributed by atoms with Crippen molar-refractivity contribution >= 4 is 46.1 Å². The fourth-order valence-corrected chi connectivity index (χ4v) is 5.58.